The van der Waals surface area contributed by atoms with Gasteiger partial charge in [-0.05, 0) is 23.8 Å². The lowest BCUT2D eigenvalue weighted by Gasteiger charge is -2.07. The van der Waals surface area contributed by atoms with Crippen LogP contribution in [0, 0.1) is 5.82 Å². The number of hydrogen-bond acceptors (Lipinski definition) is 3. The smallest absolute Gasteiger partial charge is 0.168 e. The quantitative estimate of drug-likeness (QED) is 0.785. The zero-order valence-electron chi connectivity index (χ0n) is 11.4. The van der Waals surface area contributed by atoms with Gasteiger partial charge in [-0.3, -0.25) is 4.79 Å². The van der Waals surface area contributed by atoms with Crippen LogP contribution in [0.1, 0.15) is 15.9 Å². The maximum absolute atomic E-state index is 14.0. The van der Waals surface area contributed by atoms with Crippen LogP contribution in [0.2, 0.25) is 0 Å². The highest BCUT2D eigenvalue weighted by atomic mass is 19.1. The van der Waals surface area contributed by atoms with Crippen LogP contribution in [0.3, 0.4) is 0 Å². The number of ketones is 1. The Morgan fingerprint density at radius 1 is 1.10 bits per heavy atom. The van der Waals surface area contributed by atoms with Gasteiger partial charge in [0.1, 0.15) is 5.75 Å². The number of carbonyl (C=O) groups is 1. The van der Waals surface area contributed by atoms with E-state index in [-0.39, 0.29) is 18.0 Å². The van der Waals surface area contributed by atoms with Crippen molar-refractivity contribution in [3.63, 3.8) is 0 Å². The molecule has 0 spiro atoms. The molecule has 0 atom stereocenters. The fourth-order valence-electron chi connectivity index (χ4n) is 1.92. The minimum atomic E-state index is -0.494. The van der Waals surface area contributed by atoms with Gasteiger partial charge in [-0.25, -0.2) is 4.39 Å². The molecule has 0 fully saturated rings. The molecule has 0 unspecified atom stereocenters. The molecule has 0 bridgehead atoms. The monoisotopic (exact) mass is 274 g/mol. The van der Waals surface area contributed by atoms with Crippen molar-refractivity contribution < 1.29 is 18.7 Å². The van der Waals surface area contributed by atoms with Crippen LogP contribution in [0.5, 0.6) is 11.5 Å². The summed E-state index contributed by atoms with van der Waals surface area (Å²) in [6.07, 6.45) is -0.0177. The largest absolute Gasteiger partial charge is 0.497 e. The standard InChI is InChI=1S/C16H15FO3/c1-19-13-7-3-5-11(9-13)14(18)10-12-6-4-8-15(20-2)16(12)17/h3-9H,10H2,1-2H3. The van der Waals surface area contributed by atoms with Crippen molar-refractivity contribution in [2.45, 2.75) is 6.42 Å². The molecule has 0 saturated heterocycles. The highest BCUT2D eigenvalue weighted by Crippen LogP contribution is 2.22. The number of ether oxygens (including phenoxy) is 2. The molecular weight excluding hydrogens is 259 g/mol. The first kappa shape index (κ1) is 14.1. The zero-order valence-corrected chi connectivity index (χ0v) is 11.4. The number of carbonyl (C=O) groups excluding carboxylic acids is 1. The SMILES string of the molecule is COc1cccc(C(=O)Cc2cccc(OC)c2F)c1. The van der Waals surface area contributed by atoms with Crippen molar-refractivity contribution in [1.29, 1.82) is 0 Å². The highest BCUT2D eigenvalue weighted by molar-refractivity contribution is 5.97. The lowest BCUT2D eigenvalue weighted by molar-refractivity contribution is 0.0991. The molecule has 0 N–H and O–H groups in total. The summed E-state index contributed by atoms with van der Waals surface area (Å²) in [7, 11) is 2.93. The lowest BCUT2D eigenvalue weighted by atomic mass is 10.0. The number of methoxy groups -OCH3 is 2. The third-order valence-electron chi connectivity index (χ3n) is 3.01. The number of hydrogen-bond donors (Lipinski definition) is 0. The van der Waals surface area contributed by atoms with Crippen LogP contribution in [0.15, 0.2) is 42.5 Å². The number of rotatable bonds is 5. The van der Waals surface area contributed by atoms with Crippen molar-refractivity contribution in [1.82, 2.24) is 0 Å². The van der Waals surface area contributed by atoms with Crippen LogP contribution in [0.4, 0.5) is 4.39 Å². The Kier molecular flexibility index (Phi) is 4.35. The van der Waals surface area contributed by atoms with E-state index >= 15 is 0 Å². The van der Waals surface area contributed by atoms with Crippen LogP contribution in [-0.4, -0.2) is 20.0 Å². The number of benzene rings is 2. The van der Waals surface area contributed by atoms with E-state index < -0.39 is 5.82 Å². The van der Waals surface area contributed by atoms with Crippen LogP contribution < -0.4 is 9.47 Å². The summed E-state index contributed by atoms with van der Waals surface area (Å²) >= 11 is 0. The molecule has 0 aromatic heterocycles. The van der Waals surface area contributed by atoms with E-state index in [0.29, 0.717) is 16.9 Å². The summed E-state index contributed by atoms with van der Waals surface area (Å²) in [6.45, 7) is 0. The van der Waals surface area contributed by atoms with Crippen LogP contribution in [-0.2, 0) is 6.42 Å². The Bertz CT molecular complexity index is 623. The lowest BCUT2D eigenvalue weighted by Crippen LogP contribution is -2.06. The summed E-state index contributed by atoms with van der Waals surface area (Å²) in [5.41, 5.74) is 0.809. The van der Waals surface area contributed by atoms with Gasteiger partial charge in [0.25, 0.3) is 0 Å². The minimum absolute atomic E-state index is 0.0177. The topological polar surface area (TPSA) is 35.5 Å². The molecule has 104 valence electrons. The fraction of sp³-hybridized carbons (Fsp3) is 0.188. The highest BCUT2D eigenvalue weighted by Gasteiger charge is 2.14. The molecule has 2 aromatic rings. The molecule has 4 heteroatoms. The van der Waals surface area contributed by atoms with Gasteiger partial charge in [0.05, 0.1) is 14.2 Å². The second kappa shape index (κ2) is 6.19. The predicted octanol–water partition coefficient (Wildman–Crippen LogP) is 3.27. The summed E-state index contributed by atoms with van der Waals surface area (Å²) in [5.74, 6) is 0.0743. The van der Waals surface area contributed by atoms with Crippen molar-refractivity contribution in [3.05, 3.63) is 59.4 Å². The van der Waals surface area contributed by atoms with Gasteiger partial charge >= 0.3 is 0 Å². The van der Waals surface area contributed by atoms with Gasteiger partial charge in [0.2, 0.25) is 0 Å². The number of halogens is 1. The van der Waals surface area contributed by atoms with Crippen molar-refractivity contribution in [3.8, 4) is 11.5 Å². The summed E-state index contributed by atoms with van der Waals surface area (Å²) in [6, 6.07) is 11.6. The van der Waals surface area contributed by atoms with Gasteiger partial charge in [-0.2, -0.15) is 0 Å². The molecule has 0 heterocycles. The van der Waals surface area contributed by atoms with Gasteiger partial charge in [-0.15, -0.1) is 0 Å². The van der Waals surface area contributed by atoms with E-state index in [0.717, 1.165) is 0 Å². The molecule has 20 heavy (non-hydrogen) atoms. The second-order valence-corrected chi connectivity index (χ2v) is 4.27. The molecule has 0 radical (unpaired) electrons. The molecule has 2 aromatic carbocycles. The van der Waals surface area contributed by atoms with Crippen LogP contribution >= 0.6 is 0 Å². The Morgan fingerprint density at radius 3 is 2.55 bits per heavy atom. The van der Waals surface area contributed by atoms with Crippen molar-refractivity contribution >= 4 is 5.78 Å². The normalized spacial score (nSPS) is 10.2. The first-order chi connectivity index (χ1) is 9.65. The average Bonchev–Trinajstić information content (AvgIpc) is 2.49. The Balaban J connectivity index is 2.23. The van der Waals surface area contributed by atoms with Crippen molar-refractivity contribution in [2.75, 3.05) is 14.2 Å². The Morgan fingerprint density at radius 2 is 1.85 bits per heavy atom. The van der Waals surface area contributed by atoms with E-state index in [1.54, 1.807) is 36.4 Å². The third kappa shape index (κ3) is 2.96. The molecule has 0 aliphatic heterocycles. The predicted molar refractivity (Wildman–Crippen MR) is 74.0 cm³/mol. The van der Waals surface area contributed by atoms with E-state index in [1.807, 2.05) is 0 Å². The first-order valence-corrected chi connectivity index (χ1v) is 6.14. The molecule has 2 rings (SSSR count). The maximum atomic E-state index is 14.0. The van der Waals surface area contributed by atoms with Gasteiger partial charge in [0.15, 0.2) is 17.3 Å². The summed E-state index contributed by atoms with van der Waals surface area (Å²) < 4.78 is 24.0. The fourth-order valence-corrected chi connectivity index (χ4v) is 1.92. The maximum Gasteiger partial charge on any atom is 0.168 e. The van der Waals surface area contributed by atoms with Gasteiger partial charge in [-0.1, -0.05) is 24.3 Å². The summed E-state index contributed by atoms with van der Waals surface area (Å²) in [5, 5.41) is 0. The Hall–Kier alpha value is -2.36. The van der Waals surface area contributed by atoms with Gasteiger partial charge < -0.3 is 9.47 Å². The summed E-state index contributed by atoms with van der Waals surface area (Å²) in [4.78, 5) is 12.2. The van der Waals surface area contributed by atoms with E-state index in [9.17, 15) is 9.18 Å². The van der Waals surface area contributed by atoms with Crippen LogP contribution in [0.25, 0.3) is 0 Å². The molecular formula is C16H15FO3. The first-order valence-electron chi connectivity index (χ1n) is 6.14. The molecule has 3 nitrogen and oxygen atoms in total. The minimum Gasteiger partial charge on any atom is -0.497 e. The van der Waals surface area contributed by atoms with Crippen molar-refractivity contribution in [2.24, 2.45) is 0 Å². The Labute approximate surface area is 117 Å². The van der Waals surface area contributed by atoms with Gasteiger partial charge in [0, 0.05) is 12.0 Å². The molecule has 0 aliphatic rings. The second-order valence-electron chi connectivity index (χ2n) is 4.27. The third-order valence-corrected chi connectivity index (χ3v) is 3.01. The average molecular weight is 274 g/mol. The zero-order chi connectivity index (χ0) is 14.5. The number of Topliss-reactive ketones (excluding diaryl/α,β-unsaturated/α-hetero) is 1. The molecule has 0 saturated carbocycles. The van der Waals surface area contributed by atoms with E-state index in [1.165, 1.54) is 20.3 Å². The molecule has 0 amide bonds. The van der Waals surface area contributed by atoms with E-state index in [2.05, 4.69) is 0 Å². The van der Waals surface area contributed by atoms with E-state index in [4.69, 9.17) is 9.47 Å². The molecule has 0 aliphatic carbocycles.